The molecule has 1 saturated heterocycles. The first-order valence-corrected chi connectivity index (χ1v) is 8.89. The molecule has 1 atom stereocenters. The Labute approximate surface area is 145 Å². The number of carbonyl (C=O) groups excluding carboxylic acids is 1. The molecule has 0 N–H and O–H groups in total. The Hall–Kier alpha value is -2.32. The lowest BCUT2D eigenvalue weighted by Crippen LogP contribution is -2.33. The van der Waals surface area contributed by atoms with Crippen molar-refractivity contribution in [2.75, 3.05) is 18.8 Å². The van der Waals surface area contributed by atoms with Crippen LogP contribution in [0, 0.1) is 17.1 Å². The van der Waals surface area contributed by atoms with Gasteiger partial charge in [0.15, 0.2) is 0 Å². The fraction of sp³-hybridized carbons (Fsp3) is 0.263. The first-order chi connectivity index (χ1) is 11.7. The molecule has 0 bridgehead atoms. The summed E-state index contributed by atoms with van der Waals surface area (Å²) in [4.78, 5) is 14.5. The number of amides is 1. The fourth-order valence-electron chi connectivity index (χ4n) is 2.86. The number of hydrogen-bond donors (Lipinski definition) is 0. The van der Waals surface area contributed by atoms with Crippen molar-refractivity contribution in [3.05, 3.63) is 71.0 Å². The Morgan fingerprint density at radius 1 is 1.21 bits per heavy atom. The molecular formula is C19H17FN2OS. The zero-order chi connectivity index (χ0) is 16.9. The fourth-order valence-corrected chi connectivity index (χ4v) is 4.12. The number of thioether (sulfide) groups is 1. The van der Waals surface area contributed by atoms with Crippen molar-refractivity contribution in [3.63, 3.8) is 0 Å². The van der Waals surface area contributed by atoms with E-state index in [4.69, 9.17) is 5.26 Å². The summed E-state index contributed by atoms with van der Waals surface area (Å²) in [5.74, 6) is 0.515. The number of nitrogens with zero attached hydrogens (tertiary/aromatic N) is 2. The molecule has 0 radical (unpaired) electrons. The highest BCUT2D eigenvalue weighted by molar-refractivity contribution is 7.99. The second-order valence-electron chi connectivity index (χ2n) is 5.65. The Bertz CT molecular complexity index is 787. The molecule has 0 saturated carbocycles. The van der Waals surface area contributed by atoms with E-state index >= 15 is 0 Å². The van der Waals surface area contributed by atoms with E-state index in [2.05, 4.69) is 6.07 Å². The van der Waals surface area contributed by atoms with Crippen LogP contribution in [0.4, 0.5) is 4.39 Å². The van der Waals surface area contributed by atoms with Crippen LogP contribution in [0.15, 0.2) is 48.5 Å². The van der Waals surface area contributed by atoms with E-state index < -0.39 is 0 Å². The molecule has 5 heteroatoms. The van der Waals surface area contributed by atoms with Gasteiger partial charge < -0.3 is 4.90 Å². The van der Waals surface area contributed by atoms with Crippen molar-refractivity contribution in [1.82, 2.24) is 4.90 Å². The van der Waals surface area contributed by atoms with E-state index in [0.717, 1.165) is 12.2 Å². The van der Waals surface area contributed by atoms with Gasteiger partial charge in [-0.05, 0) is 30.7 Å². The molecule has 1 unspecified atom stereocenters. The summed E-state index contributed by atoms with van der Waals surface area (Å²) >= 11 is 1.69. The van der Waals surface area contributed by atoms with Crippen LogP contribution in [0.5, 0.6) is 0 Å². The molecule has 1 aliphatic rings. The van der Waals surface area contributed by atoms with Crippen molar-refractivity contribution in [2.45, 2.75) is 11.7 Å². The maximum absolute atomic E-state index is 14.0. The number of hydrogen-bond acceptors (Lipinski definition) is 3. The van der Waals surface area contributed by atoms with Crippen LogP contribution >= 0.6 is 11.8 Å². The van der Waals surface area contributed by atoms with E-state index in [9.17, 15) is 9.18 Å². The van der Waals surface area contributed by atoms with Crippen molar-refractivity contribution < 1.29 is 9.18 Å². The first-order valence-electron chi connectivity index (χ1n) is 7.84. The third kappa shape index (κ3) is 3.60. The highest BCUT2D eigenvalue weighted by Gasteiger charge is 2.24. The standard InChI is InChI=1S/C19H17FN2OS/c20-17-7-2-1-6-16(17)18-8-9-22(10-11-24-18)19(23)15-5-3-4-14(12-15)13-21/h1-7,12,18H,8-11H2. The smallest absolute Gasteiger partial charge is 0.253 e. The summed E-state index contributed by atoms with van der Waals surface area (Å²) in [5.41, 5.74) is 1.72. The molecule has 1 fully saturated rings. The Morgan fingerprint density at radius 2 is 2.04 bits per heavy atom. The van der Waals surface area contributed by atoms with Gasteiger partial charge in [-0.25, -0.2) is 4.39 Å². The van der Waals surface area contributed by atoms with E-state index in [-0.39, 0.29) is 17.0 Å². The largest absolute Gasteiger partial charge is 0.338 e. The van der Waals surface area contributed by atoms with Crippen LogP contribution < -0.4 is 0 Å². The SMILES string of the molecule is N#Cc1cccc(C(=O)N2CCSC(c3ccccc3F)CC2)c1. The molecule has 24 heavy (non-hydrogen) atoms. The van der Waals surface area contributed by atoms with Crippen LogP contribution in [-0.2, 0) is 0 Å². The summed E-state index contributed by atoms with van der Waals surface area (Å²) < 4.78 is 14.0. The van der Waals surface area contributed by atoms with Crippen LogP contribution in [-0.4, -0.2) is 29.6 Å². The monoisotopic (exact) mass is 340 g/mol. The minimum Gasteiger partial charge on any atom is -0.338 e. The van der Waals surface area contributed by atoms with E-state index in [1.165, 1.54) is 6.07 Å². The average Bonchev–Trinajstić information content (AvgIpc) is 2.87. The zero-order valence-electron chi connectivity index (χ0n) is 13.1. The van der Waals surface area contributed by atoms with Gasteiger partial charge in [-0.2, -0.15) is 17.0 Å². The predicted octanol–water partition coefficient (Wildman–Crippen LogP) is 4.02. The first kappa shape index (κ1) is 16.5. The number of halogens is 1. The Morgan fingerprint density at radius 3 is 2.83 bits per heavy atom. The van der Waals surface area contributed by atoms with Gasteiger partial charge in [-0.3, -0.25) is 4.79 Å². The van der Waals surface area contributed by atoms with Crippen LogP contribution in [0.2, 0.25) is 0 Å². The van der Waals surface area contributed by atoms with E-state index in [1.54, 1.807) is 47.0 Å². The molecule has 0 aliphatic carbocycles. The molecule has 2 aromatic carbocycles. The molecular weight excluding hydrogens is 323 g/mol. The topological polar surface area (TPSA) is 44.1 Å². The van der Waals surface area contributed by atoms with Gasteiger partial charge in [0.05, 0.1) is 11.6 Å². The van der Waals surface area contributed by atoms with Gasteiger partial charge in [0.2, 0.25) is 0 Å². The predicted molar refractivity (Wildman–Crippen MR) is 93.3 cm³/mol. The number of nitriles is 1. The van der Waals surface area contributed by atoms with Crippen molar-refractivity contribution in [3.8, 4) is 6.07 Å². The molecule has 122 valence electrons. The van der Waals surface area contributed by atoms with Crippen molar-refractivity contribution >= 4 is 17.7 Å². The Balaban J connectivity index is 1.72. The van der Waals surface area contributed by atoms with Crippen molar-refractivity contribution in [2.24, 2.45) is 0 Å². The van der Waals surface area contributed by atoms with Crippen LogP contribution in [0.25, 0.3) is 0 Å². The van der Waals surface area contributed by atoms with Crippen LogP contribution in [0.3, 0.4) is 0 Å². The molecule has 0 spiro atoms. The molecule has 2 aromatic rings. The molecule has 1 aliphatic heterocycles. The highest BCUT2D eigenvalue weighted by atomic mass is 32.2. The minimum atomic E-state index is -0.184. The maximum Gasteiger partial charge on any atom is 0.253 e. The van der Waals surface area contributed by atoms with E-state index in [0.29, 0.717) is 29.8 Å². The summed E-state index contributed by atoms with van der Waals surface area (Å²) in [6.45, 7) is 1.22. The van der Waals surface area contributed by atoms with Crippen LogP contribution in [0.1, 0.15) is 33.2 Å². The minimum absolute atomic E-state index is 0.0643. The number of rotatable bonds is 2. The van der Waals surface area contributed by atoms with Gasteiger partial charge in [0, 0.05) is 35.2 Å². The van der Waals surface area contributed by atoms with Crippen molar-refractivity contribution in [1.29, 1.82) is 5.26 Å². The third-order valence-corrected chi connectivity index (χ3v) is 5.43. The van der Waals surface area contributed by atoms with Gasteiger partial charge in [-0.1, -0.05) is 24.3 Å². The lowest BCUT2D eigenvalue weighted by molar-refractivity contribution is 0.0766. The highest BCUT2D eigenvalue weighted by Crippen LogP contribution is 2.35. The summed E-state index contributed by atoms with van der Waals surface area (Å²) in [6, 6.07) is 15.7. The molecule has 1 amide bonds. The quantitative estimate of drug-likeness (QED) is 0.829. The lowest BCUT2D eigenvalue weighted by atomic mass is 10.1. The average molecular weight is 340 g/mol. The summed E-state index contributed by atoms with van der Waals surface area (Å²) in [7, 11) is 0. The normalized spacial score (nSPS) is 17.8. The number of benzene rings is 2. The molecule has 0 aromatic heterocycles. The molecule has 3 nitrogen and oxygen atoms in total. The zero-order valence-corrected chi connectivity index (χ0v) is 13.9. The third-order valence-electron chi connectivity index (χ3n) is 4.12. The van der Waals surface area contributed by atoms with Gasteiger partial charge in [0.1, 0.15) is 5.82 Å². The maximum atomic E-state index is 14.0. The Kier molecular flexibility index (Phi) is 5.17. The molecule has 1 heterocycles. The van der Waals surface area contributed by atoms with Gasteiger partial charge in [-0.15, -0.1) is 0 Å². The molecule has 3 rings (SSSR count). The second kappa shape index (κ2) is 7.50. The van der Waals surface area contributed by atoms with Gasteiger partial charge in [0.25, 0.3) is 5.91 Å². The van der Waals surface area contributed by atoms with Gasteiger partial charge >= 0.3 is 0 Å². The number of carbonyl (C=O) groups is 1. The van der Waals surface area contributed by atoms with E-state index in [1.807, 2.05) is 12.1 Å². The second-order valence-corrected chi connectivity index (χ2v) is 6.97. The summed E-state index contributed by atoms with van der Waals surface area (Å²) in [5, 5.41) is 9.04. The summed E-state index contributed by atoms with van der Waals surface area (Å²) in [6.07, 6.45) is 0.718. The lowest BCUT2D eigenvalue weighted by Gasteiger charge is -2.20.